The van der Waals surface area contributed by atoms with Crippen LogP contribution in [0.5, 0.6) is 0 Å². The molecule has 1 aromatic rings. The van der Waals surface area contributed by atoms with Crippen LogP contribution in [0, 0.1) is 30.3 Å². The third kappa shape index (κ3) is 6.18. The van der Waals surface area contributed by atoms with Crippen LogP contribution in [-0.4, -0.2) is 18.8 Å². The molecule has 0 amide bonds. The molecule has 1 aromatic heterocycles. The van der Waals surface area contributed by atoms with Gasteiger partial charge in [0.15, 0.2) is 0 Å². The number of allylic oxidation sites excluding steroid dienone is 6. The van der Waals surface area contributed by atoms with Crippen molar-refractivity contribution >= 4 is 17.4 Å². The maximum Gasteiger partial charge on any atom is 0.141 e. The minimum absolute atomic E-state index is 0. The Labute approximate surface area is 287 Å². The molecule has 2 saturated heterocycles. The van der Waals surface area contributed by atoms with Gasteiger partial charge in [-0.3, -0.25) is 11.4 Å². The number of ether oxygens (including phenoxy) is 1. The first kappa shape index (κ1) is 28.5. The number of aryl methyl sites for hydroxylation is 1. The van der Waals surface area contributed by atoms with Crippen LogP contribution in [0.2, 0.25) is 0 Å². The van der Waals surface area contributed by atoms with Gasteiger partial charge in [-0.2, -0.15) is 18.1 Å². The van der Waals surface area contributed by atoms with E-state index in [4.69, 9.17) is 14.2 Å². The number of hydrogen-bond acceptors (Lipinski definition) is 3. The zero-order valence-electron chi connectivity index (χ0n) is 29.7. The maximum absolute atomic E-state index is 7.80. The Morgan fingerprint density at radius 3 is 2.80 bits per heavy atom. The minimum atomic E-state index is -2.00. The van der Waals surface area contributed by atoms with Crippen LogP contribution in [0.3, 0.4) is 0 Å². The zero-order valence-corrected chi connectivity index (χ0v) is 29.9. The molecule has 5 heterocycles. The van der Waals surface area contributed by atoms with Crippen LogP contribution in [0.1, 0.15) is 117 Å². The van der Waals surface area contributed by atoms with Crippen molar-refractivity contribution in [1.82, 2.24) is 5.32 Å². The summed E-state index contributed by atoms with van der Waals surface area (Å²) in [7, 11) is 0. The zero-order chi connectivity index (χ0) is 32.2. The summed E-state index contributed by atoms with van der Waals surface area (Å²) < 4.78 is 29.8. The van der Waals surface area contributed by atoms with Gasteiger partial charge in [-0.1, -0.05) is 70.9 Å². The first-order valence-corrected chi connectivity index (χ1v) is 17.6. The predicted octanol–water partition coefficient (Wildman–Crippen LogP) is 9.95. The average molecular weight is 791 g/mol. The van der Waals surface area contributed by atoms with Crippen molar-refractivity contribution in [2.24, 2.45) is 17.8 Å². The third-order valence-electron chi connectivity index (χ3n) is 10.6. The molecule has 2 fully saturated rings. The van der Waals surface area contributed by atoms with E-state index in [0.717, 1.165) is 49.4 Å². The minimum Gasteiger partial charge on any atom is -0.769 e. The molecule has 0 bridgehead atoms. The summed E-state index contributed by atoms with van der Waals surface area (Å²) in [4.78, 5) is 2.95. The molecule has 5 atom stereocenters. The summed E-state index contributed by atoms with van der Waals surface area (Å²) in [5.74, 6) is 2.52. The number of rotatable bonds is 2. The van der Waals surface area contributed by atoms with Crippen LogP contribution < -0.4 is 5.32 Å². The number of piperidine rings is 1. The first-order chi connectivity index (χ1) is 22.0. The van der Waals surface area contributed by atoms with Gasteiger partial charge in [-0.25, -0.2) is 11.3 Å². The number of nitrogens with one attached hydrogen (secondary N) is 1. The molecule has 8 rings (SSSR count). The van der Waals surface area contributed by atoms with E-state index in [1.165, 1.54) is 71.4 Å². The molecule has 2 unspecified atom stereocenters. The van der Waals surface area contributed by atoms with Crippen molar-refractivity contribution in [1.29, 1.82) is 0 Å². The van der Waals surface area contributed by atoms with Crippen molar-refractivity contribution in [3.63, 3.8) is 0 Å². The van der Waals surface area contributed by atoms with E-state index in [1.807, 2.05) is 11.3 Å². The van der Waals surface area contributed by atoms with Crippen LogP contribution >= 0.6 is 11.3 Å². The second-order valence-corrected chi connectivity index (χ2v) is 15.4. The normalized spacial score (nSPS) is 32.8. The molecule has 6 heteroatoms. The Kier molecular flexibility index (Phi) is 8.54. The number of nitrogens with zero attached hydrogens (tertiary/aromatic N) is 2. The second kappa shape index (κ2) is 13.2. The second-order valence-electron chi connectivity index (χ2n) is 14.2. The summed E-state index contributed by atoms with van der Waals surface area (Å²) in [6, 6.07) is -0.502. The molecular weight excluding hydrogens is 739 g/mol. The topological polar surface area (TPSA) is 49.5 Å². The molecule has 44 heavy (non-hydrogen) atoms. The largest absolute Gasteiger partial charge is 0.769 e. The fourth-order valence-corrected chi connectivity index (χ4v) is 9.30. The molecule has 7 aliphatic rings. The van der Waals surface area contributed by atoms with E-state index in [0.29, 0.717) is 18.3 Å². The molecule has 4 aliphatic heterocycles. The Morgan fingerprint density at radius 1 is 1.11 bits per heavy atom. The molecule has 4 nitrogen and oxygen atoms in total. The molecule has 3 aliphatic carbocycles. The fraction of sp³-hybridized carbons (Fsp3) is 0.605. The van der Waals surface area contributed by atoms with Gasteiger partial charge >= 0.3 is 0 Å². The van der Waals surface area contributed by atoms with E-state index in [1.54, 1.807) is 4.88 Å². The monoisotopic (exact) mass is 791 g/mol. The number of thiophene rings is 1. The van der Waals surface area contributed by atoms with Crippen molar-refractivity contribution < 1.29 is 29.0 Å². The van der Waals surface area contributed by atoms with E-state index in [2.05, 4.69) is 69.1 Å². The average Bonchev–Trinajstić information content (AvgIpc) is 3.61. The molecule has 1 N–H and O–H groups in total. The van der Waals surface area contributed by atoms with Gasteiger partial charge in [-0.15, -0.1) is 36.9 Å². The summed E-state index contributed by atoms with van der Waals surface area (Å²) in [5.41, 5.74) is 9.12. The predicted molar refractivity (Wildman–Crippen MR) is 179 cm³/mol. The van der Waals surface area contributed by atoms with Crippen molar-refractivity contribution in [2.75, 3.05) is 6.54 Å². The maximum atomic E-state index is 7.80. The molecule has 0 spiro atoms. The SMILES string of the molecule is C[C@@H]1C[N-]C(C2=[C-]CCCC2)=C[C@@H]1C.[2H]C([2H])([2H])[C@@H]1CCC2C3=CC[CH-]C(C4=Cc5c(sc6c5C(C)(C)CCC6)C[N-]4)=C3OC2N1.[Ir]. The summed E-state index contributed by atoms with van der Waals surface area (Å²) in [5, 5.41) is 12.9. The summed E-state index contributed by atoms with van der Waals surface area (Å²) in [6.45, 7) is 9.07. The van der Waals surface area contributed by atoms with Crippen LogP contribution in [0.4, 0.5) is 0 Å². The molecule has 1 radical (unpaired) electrons. The third-order valence-corrected chi connectivity index (χ3v) is 11.9. The standard InChI is InChI=1S/C25H30N2OS.C13H19N.Ir/c1-14-9-10-16-15-6-4-7-17(23(15)28-24(16)27-14)19-12-18-21(13-26-19)29-20-8-5-11-25(2,3)22(18)20;1-10-8-13(14-9-11(10)2)12-6-4-3-5-7-12;/h6-7,12,14,16,24,27H,4-5,8-11,13H2,1-3H3;8,10-11H,3-6,9H2,1-2H3;/q2*-2;/t14-,16?,24?;10-,11+;/m10./s1/i1D3;;. The Morgan fingerprint density at radius 2 is 2.00 bits per heavy atom. The summed E-state index contributed by atoms with van der Waals surface area (Å²) >= 11 is 1.96. The van der Waals surface area contributed by atoms with Gasteiger partial charge in [0.2, 0.25) is 0 Å². The van der Waals surface area contributed by atoms with E-state index in [9.17, 15) is 0 Å². The van der Waals surface area contributed by atoms with Crippen LogP contribution in [-0.2, 0) is 43.2 Å². The number of fused-ring (bicyclic) bond motifs is 6. The first-order valence-electron chi connectivity index (χ1n) is 18.2. The van der Waals surface area contributed by atoms with Gasteiger partial charge < -0.3 is 21.1 Å². The van der Waals surface area contributed by atoms with Crippen molar-refractivity contribution in [3.05, 3.63) is 90.0 Å². The number of hydrogen-bond donors (Lipinski definition) is 1. The van der Waals surface area contributed by atoms with E-state index < -0.39 is 12.9 Å². The van der Waals surface area contributed by atoms with Crippen LogP contribution in [0.15, 0.2) is 46.0 Å². The van der Waals surface area contributed by atoms with Gasteiger partial charge in [0, 0.05) is 46.8 Å². The molecule has 0 aromatic carbocycles. The van der Waals surface area contributed by atoms with Crippen molar-refractivity contribution in [2.45, 2.75) is 123 Å². The van der Waals surface area contributed by atoms with Gasteiger partial charge in [0.1, 0.15) is 6.23 Å². The Bertz CT molecular complexity index is 1520. The van der Waals surface area contributed by atoms with Gasteiger partial charge in [-0.05, 0) is 66.3 Å². The smallest absolute Gasteiger partial charge is 0.141 e. The Balaban J connectivity index is 0.000000217. The molecule has 0 saturated carbocycles. The Hall–Kier alpha value is -1.72. The summed E-state index contributed by atoms with van der Waals surface area (Å²) in [6.07, 6.45) is 23.3. The van der Waals surface area contributed by atoms with Crippen LogP contribution in [0.25, 0.3) is 16.7 Å². The van der Waals surface area contributed by atoms with E-state index in [-0.39, 0.29) is 37.7 Å². The molecular formula is C38H49IrN3OS-4. The molecule has 241 valence electrons. The van der Waals surface area contributed by atoms with E-state index >= 15 is 0 Å². The fourth-order valence-electron chi connectivity index (χ4n) is 7.87. The van der Waals surface area contributed by atoms with Gasteiger partial charge in [0.25, 0.3) is 0 Å². The van der Waals surface area contributed by atoms with Crippen molar-refractivity contribution in [3.8, 4) is 0 Å². The van der Waals surface area contributed by atoms with Gasteiger partial charge in [0.05, 0.1) is 0 Å². The quantitative estimate of drug-likeness (QED) is 0.304.